The second-order valence-electron chi connectivity index (χ2n) is 12.6. The van der Waals surface area contributed by atoms with Crippen molar-refractivity contribution in [1.82, 2.24) is 9.88 Å². The maximum atomic E-state index is 13.6. The number of ether oxygens (including phenoxy) is 2. The third-order valence-electron chi connectivity index (χ3n) is 9.49. The lowest BCUT2D eigenvalue weighted by Gasteiger charge is -2.35. The van der Waals surface area contributed by atoms with Gasteiger partial charge in [0.2, 0.25) is 0 Å². The molecule has 1 N–H and O–H groups in total. The van der Waals surface area contributed by atoms with Crippen LogP contribution in [0.1, 0.15) is 72.6 Å². The monoisotopic (exact) mass is 677 g/mol. The lowest BCUT2D eigenvalue weighted by Crippen LogP contribution is -2.38. The van der Waals surface area contributed by atoms with Crippen LogP contribution in [0.15, 0.2) is 48.5 Å². The molecule has 3 aliphatic rings. The Bertz CT molecular complexity index is 1690. The highest BCUT2D eigenvalue weighted by molar-refractivity contribution is 5.76. The summed E-state index contributed by atoms with van der Waals surface area (Å²) in [6.07, 6.45) is -9.64. The first-order valence-corrected chi connectivity index (χ1v) is 15.5. The smallest absolute Gasteiger partial charge is 0.416 e. The number of pyridine rings is 1. The zero-order valence-corrected chi connectivity index (χ0v) is 26.1. The Morgan fingerprint density at radius 2 is 1.62 bits per heavy atom. The fraction of sp³-hybridized carbons (Fsp3) is 0.441. The van der Waals surface area contributed by atoms with E-state index in [1.165, 1.54) is 18.9 Å². The average Bonchev–Trinajstić information content (AvgIpc) is 3.26. The highest BCUT2D eigenvalue weighted by atomic mass is 19.4. The van der Waals surface area contributed by atoms with E-state index in [2.05, 4.69) is 0 Å². The number of hydrogen-bond donors (Lipinski definition) is 1. The van der Waals surface area contributed by atoms with Crippen molar-refractivity contribution >= 4 is 17.9 Å². The molecule has 3 aromatic rings. The number of anilines is 1. The van der Waals surface area contributed by atoms with Crippen molar-refractivity contribution in [1.29, 1.82) is 0 Å². The van der Waals surface area contributed by atoms with Crippen LogP contribution in [0.4, 0.5) is 37.0 Å². The molecular formula is C34H33F6N3O5. The number of benzene rings is 2. The molecule has 14 heteroatoms. The summed E-state index contributed by atoms with van der Waals surface area (Å²) in [6.45, 7) is 2.83. The summed E-state index contributed by atoms with van der Waals surface area (Å²) in [6, 6.07) is 9.01. The summed E-state index contributed by atoms with van der Waals surface area (Å²) in [5.41, 5.74) is -1.16. The number of hydrogen-bond acceptors (Lipinski definition) is 7. The molecule has 8 nitrogen and oxygen atoms in total. The second-order valence-corrected chi connectivity index (χ2v) is 12.6. The number of amides is 1. The van der Waals surface area contributed by atoms with Gasteiger partial charge in [0.05, 0.1) is 36.5 Å². The largest absolute Gasteiger partial charge is 0.507 e. The van der Waals surface area contributed by atoms with Gasteiger partial charge in [0.15, 0.2) is 0 Å². The number of methoxy groups -OCH3 is 1. The standard InChI is InChI=1S/C34H33F6N3O5/c1-18-31(22-13-23(33(35,36)37)16-24(14-22)34(38,39)40)48-32(46)43(18)17-27-25(5-7-29(41-27)42-8-3-9-42)26-15-20(4-6-28(26)44)21-10-19(11-21)12-30(45)47-2/h4-7,13-16,18-19,21,31,44H,3,8-12,17H2,1-2H3/t18-,19?,21?,31-/m0/s1. The van der Waals surface area contributed by atoms with Crippen molar-refractivity contribution in [2.45, 2.75) is 69.6 Å². The predicted molar refractivity (Wildman–Crippen MR) is 161 cm³/mol. The van der Waals surface area contributed by atoms with E-state index < -0.39 is 47.3 Å². The minimum Gasteiger partial charge on any atom is -0.507 e. The molecule has 3 fully saturated rings. The molecule has 0 radical (unpaired) electrons. The normalized spacial score (nSPS) is 22.6. The Balaban J connectivity index is 1.31. The minimum atomic E-state index is -5.06. The number of alkyl halides is 6. The van der Waals surface area contributed by atoms with Crippen molar-refractivity contribution in [2.75, 3.05) is 25.1 Å². The van der Waals surface area contributed by atoms with Crippen LogP contribution in [0.2, 0.25) is 0 Å². The van der Waals surface area contributed by atoms with Crippen LogP contribution in [0.25, 0.3) is 11.1 Å². The van der Waals surface area contributed by atoms with Gasteiger partial charge in [-0.05, 0) is 91.6 Å². The van der Waals surface area contributed by atoms with E-state index in [1.807, 2.05) is 17.0 Å². The number of nitrogens with zero attached hydrogens (tertiary/aromatic N) is 3. The van der Waals surface area contributed by atoms with E-state index in [1.54, 1.807) is 18.2 Å². The van der Waals surface area contributed by atoms with Crippen LogP contribution in [-0.2, 0) is 33.2 Å². The van der Waals surface area contributed by atoms with Gasteiger partial charge in [-0.25, -0.2) is 9.78 Å². The van der Waals surface area contributed by atoms with Crippen LogP contribution in [0, 0.1) is 5.92 Å². The lowest BCUT2D eigenvalue weighted by molar-refractivity contribution is -0.144. The van der Waals surface area contributed by atoms with E-state index in [0.717, 1.165) is 37.9 Å². The molecular weight excluding hydrogens is 644 g/mol. The molecule has 1 aromatic heterocycles. The van der Waals surface area contributed by atoms with E-state index in [0.29, 0.717) is 41.2 Å². The molecule has 0 unspecified atom stereocenters. The Labute approximate surface area is 272 Å². The molecule has 256 valence electrons. The summed E-state index contributed by atoms with van der Waals surface area (Å²) < 4.78 is 91.7. The van der Waals surface area contributed by atoms with Crippen molar-refractivity contribution in [3.05, 3.63) is 76.5 Å². The summed E-state index contributed by atoms with van der Waals surface area (Å²) in [5.74, 6) is 0.660. The molecule has 1 saturated carbocycles. The van der Waals surface area contributed by atoms with Crippen LogP contribution in [-0.4, -0.2) is 53.3 Å². The van der Waals surface area contributed by atoms with E-state index in [9.17, 15) is 41.0 Å². The fourth-order valence-electron chi connectivity index (χ4n) is 6.56. The highest BCUT2D eigenvalue weighted by Gasteiger charge is 2.44. The first-order chi connectivity index (χ1) is 22.6. The van der Waals surface area contributed by atoms with E-state index >= 15 is 0 Å². The Morgan fingerprint density at radius 1 is 0.958 bits per heavy atom. The van der Waals surface area contributed by atoms with Gasteiger partial charge < -0.3 is 19.5 Å². The summed E-state index contributed by atoms with van der Waals surface area (Å²) in [7, 11) is 1.35. The fourth-order valence-corrected chi connectivity index (χ4v) is 6.56. The summed E-state index contributed by atoms with van der Waals surface area (Å²) in [5, 5.41) is 11.0. The van der Waals surface area contributed by atoms with Gasteiger partial charge in [0.1, 0.15) is 17.7 Å². The Hall–Kier alpha value is -4.49. The summed E-state index contributed by atoms with van der Waals surface area (Å²) >= 11 is 0. The molecule has 48 heavy (non-hydrogen) atoms. The van der Waals surface area contributed by atoms with Crippen LogP contribution in [0.5, 0.6) is 5.75 Å². The number of phenols is 1. The van der Waals surface area contributed by atoms with Crippen LogP contribution < -0.4 is 4.90 Å². The topological polar surface area (TPSA) is 92.2 Å². The van der Waals surface area contributed by atoms with Crippen molar-refractivity contribution < 1.29 is 50.5 Å². The molecule has 0 spiro atoms. The third-order valence-corrected chi connectivity index (χ3v) is 9.49. The molecule has 2 saturated heterocycles. The second kappa shape index (κ2) is 12.5. The van der Waals surface area contributed by atoms with E-state index in [4.69, 9.17) is 14.5 Å². The first kappa shape index (κ1) is 33.4. The first-order valence-electron chi connectivity index (χ1n) is 15.5. The van der Waals surface area contributed by atoms with Gasteiger partial charge in [-0.2, -0.15) is 26.3 Å². The quantitative estimate of drug-likeness (QED) is 0.192. The molecule has 0 bridgehead atoms. The van der Waals surface area contributed by atoms with Crippen molar-refractivity contribution in [3.63, 3.8) is 0 Å². The van der Waals surface area contributed by atoms with Gasteiger partial charge in [-0.3, -0.25) is 9.69 Å². The van der Waals surface area contributed by atoms with Gasteiger partial charge in [-0.15, -0.1) is 0 Å². The minimum absolute atomic E-state index is 0.0314. The number of halogens is 6. The van der Waals surface area contributed by atoms with Gasteiger partial charge in [0.25, 0.3) is 0 Å². The average molecular weight is 678 g/mol. The Kier molecular flexibility index (Phi) is 8.71. The number of cyclic esters (lactones) is 1. The van der Waals surface area contributed by atoms with Crippen LogP contribution >= 0.6 is 0 Å². The molecule has 2 atom stereocenters. The molecule has 3 heterocycles. The number of aromatic hydroxyl groups is 1. The summed E-state index contributed by atoms with van der Waals surface area (Å²) in [4.78, 5) is 32.9. The molecule has 6 rings (SSSR count). The maximum Gasteiger partial charge on any atom is 0.416 e. The number of carbonyl (C=O) groups excluding carboxylic acids is 2. The molecule has 2 aromatic carbocycles. The predicted octanol–water partition coefficient (Wildman–Crippen LogP) is 7.84. The number of rotatable bonds is 8. The van der Waals surface area contributed by atoms with Gasteiger partial charge in [0, 0.05) is 30.6 Å². The zero-order chi connectivity index (χ0) is 34.5. The van der Waals surface area contributed by atoms with E-state index in [-0.39, 0.29) is 36.2 Å². The Morgan fingerprint density at radius 3 is 2.21 bits per heavy atom. The number of esters is 1. The SMILES string of the molecule is COC(=O)CC1CC(c2ccc(O)c(-c3ccc(N4CCC4)nc3CN3C(=O)O[C@H](c4cc(C(F)(F)F)cc(C(F)(F)F)c4)[C@@H]3C)c2)C1. The molecule has 1 aliphatic carbocycles. The lowest BCUT2D eigenvalue weighted by atomic mass is 9.70. The number of carbonyl (C=O) groups is 2. The van der Waals surface area contributed by atoms with Crippen molar-refractivity contribution in [3.8, 4) is 16.9 Å². The highest BCUT2D eigenvalue weighted by Crippen LogP contribution is 2.46. The maximum absolute atomic E-state index is 13.6. The van der Waals surface area contributed by atoms with Gasteiger partial charge in [-0.1, -0.05) is 6.07 Å². The van der Waals surface area contributed by atoms with Crippen molar-refractivity contribution in [2.24, 2.45) is 5.92 Å². The van der Waals surface area contributed by atoms with Gasteiger partial charge >= 0.3 is 24.4 Å². The van der Waals surface area contributed by atoms with Crippen LogP contribution in [0.3, 0.4) is 0 Å². The number of aromatic nitrogens is 1. The molecule has 1 amide bonds. The third kappa shape index (κ3) is 6.61. The number of phenolic OH excluding ortho intramolecular Hbond substituents is 1. The molecule has 2 aliphatic heterocycles. The zero-order valence-electron chi connectivity index (χ0n) is 26.1.